The number of nitrogens with zero attached hydrogens (tertiary/aromatic N) is 1. The van der Waals surface area contributed by atoms with Crippen LogP contribution in [-0.2, 0) is 11.8 Å². The van der Waals surface area contributed by atoms with Gasteiger partial charge in [0.1, 0.15) is 10.8 Å². The number of Topliss-reactive ketones (excluding diaryl/α,β-unsaturated/α-hetero) is 1. The Balaban J connectivity index is 2.17. The standard InChI is InChI=1S/C16H18FNOS/c1-10-7-11(17)5-6-12(10)13(19)8-15-18-14(9-20-15)16(2,3)4/h5-7,9H,8H2,1-4H3. The van der Waals surface area contributed by atoms with Crippen molar-refractivity contribution in [3.05, 3.63) is 51.2 Å². The lowest BCUT2D eigenvalue weighted by atomic mass is 9.93. The van der Waals surface area contributed by atoms with Gasteiger partial charge < -0.3 is 0 Å². The van der Waals surface area contributed by atoms with Gasteiger partial charge in [0.2, 0.25) is 0 Å². The molecule has 0 fully saturated rings. The summed E-state index contributed by atoms with van der Waals surface area (Å²) in [5, 5.41) is 2.81. The molecule has 0 aliphatic carbocycles. The summed E-state index contributed by atoms with van der Waals surface area (Å²) in [6.45, 7) is 8.03. The van der Waals surface area contributed by atoms with Crippen LogP contribution in [0.1, 0.15) is 47.4 Å². The van der Waals surface area contributed by atoms with E-state index in [0.29, 0.717) is 11.1 Å². The molecule has 20 heavy (non-hydrogen) atoms. The molecule has 0 spiro atoms. The summed E-state index contributed by atoms with van der Waals surface area (Å²) in [7, 11) is 0. The lowest BCUT2D eigenvalue weighted by molar-refractivity contribution is 0.0992. The van der Waals surface area contributed by atoms with E-state index in [4.69, 9.17) is 0 Å². The molecular weight excluding hydrogens is 273 g/mol. The van der Waals surface area contributed by atoms with Gasteiger partial charge in [-0.25, -0.2) is 9.37 Å². The normalized spacial score (nSPS) is 11.7. The minimum Gasteiger partial charge on any atom is -0.294 e. The summed E-state index contributed by atoms with van der Waals surface area (Å²) in [5.41, 5.74) is 2.23. The second-order valence-electron chi connectivity index (χ2n) is 5.94. The predicted octanol–water partition coefficient (Wildman–Crippen LogP) is 4.31. The highest BCUT2D eigenvalue weighted by Gasteiger charge is 2.19. The van der Waals surface area contributed by atoms with Crippen LogP contribution in [0.25, 0.3) is 0 Å². The van der Waals surface area contributed by atoms with Crippen molar-refractivity contribution in [2.75, 3.05) is 0 Å². The summed E-state index contributed by atoms with van der Waals surface area (Å²) < 4.78 is 13.1. The smallest absolute Gasteiger partial charge is 0.169 e. The topological polar surface area (TPSA) is 30.0 Å². The third kappa shape index (κ3) is 3.31. The Labute approximate surface area is 122 Å². The average Bonchev–Trinajstić information content (AvgIpc) is 2.76. The van der Waals surface area contributed by atoms with E-state index in [-0.39, 0.29) is 23.4 Å². The van der Waals surface area contributed by atoms with Crippen molar-refractivity contribution in [2.24, 2.45) is 0 Å². The number of halogens is 1. The van der Waals surface area contributed by atoms with Crippen LogP contribution in [0.4, 0.5) is 4.39 Å². The number of aromatic nitrogens is 1. The van der Waals surface area contributed by atoms with E-state index in [1.165, 1.54) is 23.5 Å². The van der Waals surface area contributed by atoms with Gasteiger partial charge in [-0.1, -0.05) is 20.8 Å². The number of rotatable bonds is 3. The van der Waals surface area contributed by atoms with Crippen LogP contribution < -0.4 is 0 Å². The van der Waals surface area contributed by atoms with E-state index in [2.05, 4.69) is 25.8 Å². The summed E-state index contributed by atoms with van der Waals surface area (Å²) >= 11 is 1.50. The molecule has 1 heterocycles. The maximum Gasteiger partial charge on any atom is 0.169 e. The number of carbonyl (C=O) groups is 1. The van der Waals surface area contributed by atoms with E-state index < -0.39 is 0 Å². The fraction of sp³-hybridized carbons (Fsp3) is 0.375. The molecule has 1 aromatic heterocycles. The van der Waals surface area contributed by atoms with Crippen LogP contribution >= 0.6 is 11.3 Å². The van der Waals surface area contributed by atoms with Gasteiger partial charge in [-0.05, 0) is 30.7 Å². The van der Waals surface area contributed by atoms with Crippen LogP contribution in [0.5, 0.6) is 0 Å². The Morgan fingerprint density at radius 2 is 2.05 bits per heavy atom. The third-order valence-electron chi connectivity index (χ3n) is 3.12. The van der Waals surface area contributed by atoms with E-state index in [0.717, 1.165) is 10.7 Å². The van der Waals surface area contributed by atoms with Gasteiger partial charge in [-0.2, -0.15) is 0 Å². The molecular formula is C16H18FNOS. The average molecular weight is 291 g/mol. The first-order valence-electron chi connectivity index (χ1n) is 6.51. The zero-order valence-corrected chi connectivity index (χ0v) is 13.0. The van der Waals surface area contributed by atoms with Gasteiger partial charge in [0.15, 0.2) is 5.78 Å². The molecule has 0 unspecified atom stereocenters. The van der Waals surface area contributed by atoms with E-state index >= 15 is 0 Å². The Bertz CT molecular complexity index is 640. The molecule has 0 atom stereocenters. The van der Waals surface area contributed by atoms with Crippen molar-refractivity contribution in [1.29, 1.82) is 0 Å². The Kier molecular flexibility index (Phi) is 4.04. The number of ketones is 1. The first-order valence-corrected chi connectivity index (χ1v) is 7.39. The Morgan fingerprint density at radius 3 is 2.60 bits per heavy atom. The van der Waals surface area contributed by atoms with Crippen LogP contribution in [-0.4, -0.2) is 10.8 Å². The van der Waals surface area contributed by atoms with Gasteiger partial charge >= 0.3 is 0 Å². The molecule has 0 bridgehead atoms. The zero-order chi connectivity index (χ0) is 14.9. The molecule has 0 aliphatic heterocycles. The lowest BCUT2D eigenvalue weighted by Gasteiger charge is -2.14. The van der Waals surface area contributed by atoms with Gasteiger partial charge in [-0.3, -0.25) is 4.79 Å². The van der Waals surface area contributed by atoms with Gasteiger partial charge in [0.05, 0.1) is 12.1 Å². The molecule has 2 aromatic rings. The maximum atomic E-state index is 13.1. The molecule has 0 aliphatic rings. The van der Waals surface area contributed by atoms with Crippen molar-refractivity contribution in [1.82, 2.24) is 4.98 Å². The van der Waals surface area contributed by atoms with Crippen molar-refractivity contribution < 1.29 is 9.18 Å². The molecule has 0 saturated carbocycles. The highest BCUT2D eigenvalue weighted by atomic mass is 32.1. The number of thiazole rings is 1. The van der Waals surface area contributed by atoms with E-state index in [9.17, 15) is 9.18 Å². The van der Waals surface area contributed by atoms with Crippen molar-refractivity contribution in [3.8, 4) is 0 Å². The first-order chi connectivity index (χ1) is 9.27. The van der Waals surface area contributed by atoms with Crippen molar-refractivity contribution in [2.45, 2.75) is 39.5 Å². The van der Waals surface area contributed by atoms with Crippen molar-refractivity contribution >= 4 is 17.1 Å². The third-order valence-corrected chi connectivity index (χ3v) is 3.97. The fourth-order valence-electron chi connectivity index (χ4n) is 1.91. The maximum absolute atomic E-state index is 13.1. The number of carbonyl (C=O) groups excluding carboxylic acids is 1. The largest absolute Gasteiger partial charge is 0.294 e. The summed E-state index contributed by atoms with van der Waals surface area (Å²) in [6, 6.07) is 4.25. The highest BCUT2D eigenvalue weighted by Crippen LogP contribution is 2.24. The van der Waals surface area contributed by atoms with Crippen LogP contribution in [0, 0.1) is 12.7 Å². The minimum absolute atomic E-state index is 0.0103. The molecule has 0 amide bonds. The zero-order valence-electron chi connectivity index (χ0n) is 12.2. The molecule has 1 aromatic carbocycles. The molecule has 2 rings (SSSR count). The molecule has 2 nitrogen and oxygen atoms in total. The van der Waals surface area contributed by atoms with Gasteiger partial charge in [-0.15, -0.1) is 11.3 Å². The number of aryl methyl sites for hydroxylation is 1. The molecule has 0 radical (unpaired) electrons. The lowest BCUT2D eigenvalue weighted by Crippen LogP contribution is -2.12. The van der Waals surface area contributed by atoms with Gasteiger partial charge in [0, 0.05) is 16.4 Å². The monoisotopic (exact) mass is 291 g/mol. The number of benzene rings is 1. The first kappa shape index (κ1) is 14.9. The highest BCUT2D eigenvalue weighted by molar-refractivity contribution is 7.09. The quantitative estimate of drug-likeness (QED) is 0.789. The van der Waals surface area contributed by atoms with Crippen LogP contribution in [0.3, 0.4) is 0 Å². The number of hydrogen-bond acceptors (Lipinski definition) is 3. The number of hydrogen-bond donors (Lipinski definition) is 0. The summed E-state index contributed by atoms with van der Waals surface area (Å²) in [6.07, 6.45) is 0.271. The van der Waals surface area contributed by atoms with Crippen molar-refractivity contribution in [3.63, 3.8) is 0 Å². The summed E-state index contributed by atoms with van der Waals surface area (Å²) in [5.74, 6) is -0.333. The SMILES string of the molecule is Cc1cc(F)ccc1C(=O)Cc1nc(C(C)(C)C)cs1. The molecule has 0 N–H and O–H groups in total. The minimum atomic E-state index is -0.316. The Hall–Kier alpha value is -1.55. The molecule has 4 heteroatoms. The predicted molar refractivity (Wildman–Crippen MR) is 80.0 cm³/mol. The molecule has 0 saturated heterocycles. The van der Waals surface area contributed by atoms with E-state index in [1.807, 2.05) is 5.38 Å². The van der Waals surface area contributed by atoms with Crippen LogP contribution in [0.2, 0.25) is 0 Å². The van der Waals surface area contributed by atoms with E-state index in [1.54, 1.807) is 13.0 Å². The second kappa shape index (κ2) is 5.44. The molecule has 106 valence electrons. The second-order valence-corrected chi connectivity index (χ2v) is 6.88. The Morgan fingerprint density at radius 1 is 1.35 bits per heavy atom. The van der Waals surface area contributed by atoms with Crippen LogP contribution in [0.15, 0.2) is 23.6 Å². The summed E-state index contributed by atoms with van der Waals surface area (Å²) in [4.78, 5) is 16.8. The fourth-order valence-corrected chi connectivity index (χ4v) is 2.93. The van der Waals surface area contributed by atoms with Gasteiger partial charge in [0.25, 0.3) is 0 Å².